The first-order chi connectivity index (χ1) is 12.0. The van der Waals surface area contributed by atoms with E-state index in [4.69, 9.17) is 5.26 Å². The van der Waals surface area contributed by atoms with Crippen LogP contribution in [0.2, 0.25) is 0 Å². The average molecular weight is 338 g/mol. The Hall–Kier alpha value is -3.40. The quantitative estimate of drug-likeness (QED) is 0.739. The number of aromatic nitrogens is 2. The van der Waals surface area contributed by atoms with Crippen LogP contribution in [-0.2, 0) is 17.9 Å². The van der Waals surface area contributed by atoms with Crippen LogP contribution in [0.3, 0.4) is 0 Å². The molecule has 0 saturated carbocycles. The van der Waals surface area contributed by atoms with Gasteiger partial charge in [-0.3, -0.25) is 14.2 Å². The summed E-state index contributed by atoms with van der Waals surface area (Å²) >= 11 is 0. The molecule has 0 spiro atoms. The second-order valence-corrected chi connectivity index (χ2v) is 5.24. The molecule has 7 heteroatoms. The maximum atomic E-state index is 12.7. The number of hydrogen-bond donors (Lipinski definition) is 0. The third kappa shape index (κ3) is 3.75. The van der Waals surface area contributed by atoms with Crippen molar-refractivity contribution in [3.8, 4) is 6.07 Å². The van der Waals surface area contributed by atoms with Gasteiger partial charge in [-0.1, -0.05) is 24.3 Å². The second-order valence-electron chi connectivity index (χ2n) is 5.24. The topological polar surface area (TPSA) is 88.1 Å². The second kappa shape index (κ2) is 7.93. The van der Waals surface area contributed by atoms with Crippen LogP contribution in [0.15, 0.2) is 58.8 Å². The molecule has 1 heterocycles. The molecule has 0 atom stereocenters. The van der Waals surface area contributed by atoms with Crippen LogP contribution in [0.25, 0.3) is 0 Å². The number of rotatable bonds is 6. The van der Waals surface area contributed by atoms with Gasteiger partial charge < -0.3 is 4.90 Å². The first-order valence-corrected chi connectivity index (χ1v) is 7.74. The molecular formula is C18H18N4O3. The van der Waals surface area contributed by atoms with Gasteiger partial charge in [0, 0.05) is 25.0 Å². The predicted octanol–water partition coefficient (Wildman–Crippen LogP) is 1.12. The summed E-state index contributed by atoms with van der Waals surface area (Å²) in [4.78, 5) is 38.8. The van der Waals surface area contributed by atoms with Gasteiger partial charge in [-0.2, -0.15) is 5.26 Å². The summed E-state index contributed by atoms with van der Waals surface area (Å²) in [7, 11) is 0. The number of aryl methyl sites for hydroxylation is 1. The lowest BCUT2D eigenvalue weighted by Gasteiger charge is -2.21. The van der Waals surface area contributed by atoms with Gasteiger partial charge in [-0.25, -0.2) is 9.36 Å². The number of nitrogens with zero attached hydrogens (tertiary/aromatic N) is 4. The zero-order chi connectivity index (χ0) is 18.4. The van der Waals surface area contributed by atoms with Gasteiger partial charge in [0.05, 0.1) is 0 Å². The molecule has 128 valence electrons. The molecule has 1 aromatic heterocycles. The van der Waals surface area contributed by atoms with Crippen LogP contribution >= 0.6 is 0 Å². The third-order valence-electron chi connectivity index (χ3n) is 3.67. The van der Waals surface area contributed by atoms with E-state index in [1.807, 2.05) is 6.07 Å². The molecule has 0 fully saturated rings. The Bertz CT molecular complexity index is 936. The monoisotopic (exact) mass is 338 g/mol. The minimum Gasteiger partial charge on any atom is -0.307 e. The highest BCUT2D eigenvalue weighted by Crippen LogP contribution is 2.13. The minimum absolute atomic E-state index is 0.177. The summed E-state index contributed by atoms with van der Waals surface area (Å²) in [5.74, 6) is -0.442. The predicted molar refractivity (Wildman–Crippen MR) is 94.3 cm³/mol. The molecule has 0 saturated heterocycles. The van der Waals surface area contributed by atoms with Crippen LogP contribution in [-0.4, -0.2) is 21.6 Å². The van der Waals surface area contributed by atoms with E-state index in [1.165, 1.54) is 15.7 Å². The fraction of sp³-hybridized carbons (Fsp3) is 0.222. The van der Waals surface area contributed by atoms with Crippen molar-refractivity contribution < 1.29 is 4.79 Å². The number of hydrogen-bond acceptors (Lipinski definition) is 4. The van der Waals surface area contributed by atoms with E-state index in [-0.39, 0.29) is 18.7 Å². The zero-order valence-electron chi connectivity index (χ0n) is 13.9. The summed E-state index contributed by atoms with van der Waals surface area (Å²) in [6.07, 6.45) is 2.77. The summed E-state index contributed by atoms with van der Waals surface area (Å²) in [6, 6.07) is 10.6. The standard InChI is InChI=1S/C18H18N4O3/c1-3-10-21(15-8-6-5-7-9-15)16(23)13-22-17(24)14(11-19)12-20(4-2)18(22)25/h3,5-9,12H,1,4,10,13H2,2H3. The molecule has 25 heavy (non-hydrogen) atoms. The number of para-hydroxylation sites is 1. The first-order valence-electron chi connectivity index (χ1n) is 7.74. The summed E-state index contributed by atoms with van der Waals surface area (Å²) < 4.78 is 2.02. The van der Waals surface area contributed by atoms with Gasteiger partial charge in [-0.15, -0.1) is 6.58 Å². The first kappa shape index (κ1) is 17.9. The Balaban J connectivity index is 2.46. The number of benzene rings is 1. The lowest BCUT2D eigenvalue weighted by Crippen LogP contribution is -2.45. The number of amides is 1. The highest BCUT2D eigenvalue weighted by Gasteiger charge is 2.19. The van der Waals surface area contributed by atoms with Gasteiger partial charge >= 0.3 is 5.69 Å². The maximum absolute atomic E-state index is 12.7. The van der Waals surface area contributed by atoms with Gasteiger partial charge in [-0.05, 0) is 19.1 Å². The van der Waals surface area contributed by atoms with Crippen LogP contribution in [0, 0.1) is 11.3 Å². The van der Waals surface area contributed by atoms with E-state index in [2.05, 4.69) is 6.58 Å². The average Bonchev–Trinajstić information content (AvgIpc) is 2.64. The molecule has 1 aromatic carbocycles. The Kier molecular flexibility index (Phi) is 5.69. The molecule has 0 unspecified atom stereocenters. The van der Waals surface area contributed by atoms with Gasteiger partial charge in [0.25, 0.3) is 5.56 Å². The molecule has 0 bridgehead atoms. The summed E-state index contributed by atoms with van der Waals surface area (Å²) in [5, 5.41) is 9.07. The van der Waals surface area contributed by atoms with Crippen molar-refractivity contribution >= 4 is 11.6 Å². The van der Waals surface area contributed by atoms with Crippen LogP contribution < -0.4 is 16.1 Å². The van der Waals surface area contributed by atoms with Crippen molar-refractivity contribution in [3.63, 3.8) is 0 Å². The van der Waals surface area contributed by atoms with Gasteiger partial charge in [0.1, 0.15) is 18.2 Å². The zero-order valence-corrected chi connectivity index (χ0v) is 13.9. The Morgan fingerprint density at radius 2 is 2.00 bits per heavy atom. The molecule has 0 N–H and O–H groups in total. The third-order valence-corrected chi connectivity index (χ3v) is 3.67. The van der Waals surface area contributed by atoms with Gasteiger partial charge in [0.15, 0.2) is 0 Å². The Morgan fingerprint density at radius 1 is 1.32 bits per heavy atom. The fourth-order valence-corrected chi connectivity index (χ4v) is 2.41. The van der Waals surface area contributed by atoms with Crippen molar-refractivity contribution in [3.05, 3.63) is 75.6 Å². The highest BCUT2D eigenvalue weighted by atomic mass is 16.2. The molecule has 0 radical (unpaired) electrons. The largest absolute Gasteiger partial charge is 0.331 e. The number of carbonyl (C=O) groups is 1. The van der Waals surface area contributed by atoms with Crippen molar-refractivity contribution in [1.29, 1.82) is 5.26 Å². The minimum atomic E-state index is -0.767. The SMILES string of the molecule is C=CCN(C(=O)Cn1c(=O)c(C#N)cn(CC)c1=O)c1ccccc1. The maximum Gasteiger partial charge on any atom is 0.331 e. The van der Waals surface area contributed by atoms with E-state index in [9.17, 15) is 14.4 Å². The highest BCUT2D eigenvalue weighted by molar-refractivity contribution is 5.93. The number of nitriles is 1. The molecule has 0 aliphatic rings. The molecule has 1 amide bonds. The van der Waals surface area contributed by atoms with E-state index < -0.39 is 23.7 Å². The van der Waals surface area contributed by atoms with E-state index in [1.54, 1.807) is 43.3 Å². The van der Waals surface area contributed by atoms with Crippen LogP contribution in [0.4, 0.5) is 5.69 Å². The molecule has 7 nitrogen and oxygen atoms in total. The van der Waals surface area contributed by atoms with E-state index in [0.717, 1.165) is 4.57 Å². The summed E-state index contributed by atoms with van der Waals surface area (Å²) in [5.41, 5.74) is -0.930. The molecule has 2 rings (SSSR count). The van der Waals surface area contributed by atoms with Crippen LogP contribution in [0.1, 0.15) is 12.5 Å². The molecule has 2 aromatic rings. The molecule has 0 aliphatic heterocycles. The summed E-state index contributed by atoms with van der Waals surface area (Å²) in [6.45, 7) is 5.42. The van der Waals surface area contributed by atoms with E-state index >= 15 is 0 Å². The number of carbonyl (C=O) groups excluding carboxylic acids is 1. The normalized spacial score (nSPS) is 10.1. The van der Waals surface area contributed by atoms with Crippen molar-refractivity contribution in [1.82, 2.24) is 9.13 Å². The van der Waals surface area contributed by atoms with Crippen molar-refractivity contribution in [2.75, 3.05) is 11.4 Å². The lowest BCUT2D eigenvalue weighted by atomic mass is 10.2. The number of anilines is 1. The molecule has 0 aliphatic carbocycles. The Morgan fingerprint density at radius 3 is 2.56 bits per heavy atom. The fourth-order valence-electron chi connectivity index (χ4n) is 2.41. The Labute approximate surface area is 144 Å². The van der Waals surface area contributed by atoms with Gasteiger partial charge in [0.2, 0.25) is 5.91 Å². The van der Waals surface area contributed by atoms with Crippen molar-refractivity contribution in [2.24, 2.45) is 0 Å². The van der Waals surface area contributed by atoms with E-state index in [0.29, 0.717) is 5.69 Å². The van der Waals surface area contributed by atoms with Crippen molar-refractivity contribution in [2.45, 2.75) is 20.0 Å². The molecular weight excluding hydrogens is 320 g/mol. The lowest BCUT2D eigenvalue weighted by molar-refractivity contribution is -0.119. The van der Waals surface area contributed by atoms with Crippen LogP contribution in [0.5, 0.6) is 0 Å². The smallest absolute Gasteiger partial charge is 0.307 e.